The molecule has 8 N–H and O–H groups in total. The summed E-state index contributed by atoms with van der Waals surface area (Å²) >= 11 is 0. The monoisotopic (exact) mass is 615 g/mol. The minimum absolute atomic E-state index is 0.0445. The quantitative estimate of drug-likeness (QED) is 0.0534. The van der Waals surface area contributed by atoms with Gasteiger partial charge in [0, 0.05) is 30.1 Å². The fourth-order valence-electron chi connectivity index (χ4n) is 6.11. The van der Waals surface area contributed by atoms with E-state index in [0.29, 0.717) is 43.0 Å². The zero-order valence-electron chi connectivity index (χ0n) is 28.1. The standard InChI is InChI=1S/C35H61N5O4/c1-9-35(7,8)26(6)44-31-19-22(2)18-27-13-12-23(3)30(33(27)31)15-14-28(41)20-29(42)21-32(43)40-25(5)24(4)38-16-10-11-17-39-34(36)37/h12-13,18,22-23,25,28-31,33,38,41-42H,4,6,9-11,14-17,19-21H2,1-3,5,7-8H3,(H,40,43)(H4,36,37,39)/t22-,23-,25-,28+,29+,30-,31-,33?/m0/s1. The molecule has 9 heteroatoms. The Bertz CT molecular complexity index is 1050. The molecular weight excluding hydrogens is 554 g/mol. The molecule has 1 unspecified atom stereocenters. The zero-order chi connectivity index (χ0) is 33.0. The first-order valence-corrected chi connectivity index (χ1v) is 16.5. The van der Waals surface area contributed by atoms with Crippen molar-refractivity contribution in [2.24, 2.45) is 45.5 Å². The Kier molecular flexibility index (Phi) is 15.0. The van der Waals surface area contributed by atoms with Crippen LogP contribution in [0.2, 0.25) is 0 Å². The van der Waals surface area contributed by atoms with Crippen LogP contribution in [-0.2, 0) is 9.53 Å². The van der Waals surface area contributed by atoms with Crippen molar-refractivity contribution in [2.45, 2.75) is 117 Å². The molecule has 9 nitrogen and oxygen atoms in total. The lowest BCUT2D eigenvalue weighted by atomic mass is 9.65. The summed E-state index contributed by atoms with van der Waals surface area (Å²) in [6, 6.07) is -0.298. The van der Waals surface area contributed by atoms with E-state index in [2.05, 4.69) is 81.6 Å². The van der Waals surface area contributed by atoms with E-state index < -0.39 is 12.2 Å². The molecule has 250 valence electrons. The van der Waals surface area contributed by atoms with Gasteiger partial charge in [0.2, 0.25) is 5.91 Å². The number of hydrogen-bond acceptors (Lipinski definition) is 6. The first-order chi connectivity index (χ1) is 20.6. The second-order valence-corrected chi connectivity index (χ2v) is 13.7. The van der Waals surface area contributed by atoms with E-state index in [1.807, 2.05) is 6.92 Å². The van der Waals surface area contributed by atoms with E-state index >= 15 is 0 Å². The van der Waals surface area contributed by atoms with Gasteiger partial charge >= 0.3 is 0 Å². The number of carbonyl (C=O) groups excluding carboxylic acids is 1. The fourth-order valence-corrected chi connectivity index (χ4v) is 6.11. The predicted octanol–water partition coefficient (Wildman–Crippen LogP) is 4.67. The first-order valence-electron chi connectivity index (χ1n) is 16.5. The van der Waals surface area contributed by atoms with Crippen molar-refractivity contribution in [1.82, 2.24) is 10.6 Å². The SMILES string of the molecule is C=C(NCCCCN=C(N)N)[C@H](C)NC(=O)C[C@H](O)C[C@H](O)CC[C@@H]1C2C(=C[C@H](C)C[C@@H]2OC(=C)C(C)(C)CC)C=C[C@@H]1C. The van der Waals surface area contributed by atoms with E-state index in [4.69, 9.17) is 16.2 Å². The smallest absolute Gasteiger partial charge is 0.223 e. The third-order valence-electron chi connectivity index (χ3n) is 9.46. The van der Waals surface area contributed by atoms with Crippen LogP contribution in [0, 0.1) is 29.1 Å². The maximum atomic E-state index is 12.6. The van der Waals surface area contributed by atoms with Crippen LogP contribution >= 0.6 is 0 Å². The summed E-state index contributed by atoms with van der Waals surface area (Å²) in [4.78, 5) is 16.5. The third-order valence-corrected chi connectivity index (χ3v) is 9.46. The molecule has 0 radical (unpaired) electrons. The van der Waals surface area contributed by atoms with Gasteiger partial charge in [-0.25, -0.2) is 0 Å². The molecule has 0 fully saturated rings. The molecule has 0 spiro atoms. The average Bonchev–Trinajstić information content (AvgIpc) is 2.93. The highest BCUT2D eigenvalue weighted by atomic mass is 16.5. The molecule has 0 saturated carbocycles. The molecule has 0 aliphatic heterocycles. The molecule has 2 aliphatic carbocycles. The minimum atomic E-state index is -0.931. The van der Waals surface area contributed by atoms with Gasteiger partial charge < -0.3 is 37.1 Å². The molecule has 8 atom stereocenters. The van der Waals surface area contributed by atoms with E-state index in [-0.39, 0.29) is 48.2 Å². The van der Waals surface area contributed by atoms with Gasteiger partial charge in [-0.2, -0.15) is 0 Å². The number of nitrogens with one attached hydrogen (secondary N) is 2. The Balaban J connectivity index is 1.85. The number of nitrogens with two attached hydrogens (primary N) is 2. The Morgan fingerprint density at radius 1 is 1.20 bits per heavy atom. The van der Waals surface area contributed by atoms with Crippen molar-refractivity contribution in [3.8, 4) is 0 Å². The number of fused-ring (bicyclic) bond motifs is 1. The number of nitrogens with zero attached hydrogens (tertiary/aromatic N) is 1. The first kappa shape index (κ1) is 37.4. The highest BCUT2D eigenvalue weighted by Crippen LogP contribution is 2.46. The van der Waals surface area contributed by atoms with E-state index in [1.54, 1.807) is 0 Å². The van der Waals surface area contributed by atoms with Crippen molar-refractivity contribution in [3.63, 3.8) is 0 Å². The molecule has 0 aromatic carbocycles. The van der Waals surface area contributed by atoms with Crippen molar-refractivity contribution in [1.29, 1.82) is 0 Å². The second-order valence-electron chi connectivity index (χ2n) is 13.7. The lowest BCUT2D eigenvalue weighted by Gasteiger charge is -2.45. The van der Waals surface area contributed by atoms with Gasteiger partial charge in [0.05, 0.1) is 30.4 Å². The van der Waals surface area contributed by atoms with E-state index in [1.165, 1.54) is 5.57 Å². The predicted molar refractivity (Wildman–Crippen MR) is 180 cm³/mol. The molecule has 0 bridgehead atoms. The number of aliphatic hydroxyl groups is 2. The van der Waals surface area contributed by atoms with Gasteiger partial charge in [-0.3, -0.25) is 9.79 Å². The molecule has 1 amide bonds. The molecule has 2 rings (SSSR count). The molecule has 0 heterocycles. The lowest BCUT2D eigenvalue weighted by Crippen LogP contribution is -2.41. The summed E-state index contributed by atoms with van der Waals surface area (Å²) in [7, 11) is 0. The number of hydrogen-bond donors (Lipinski definition) is 6. The van der Waals surface area contributed by atoms with Gasteiger partial charge in [0.15, 0.2) is 5.96 Å². The Hall–Kier alpha value is -2.78. The summed E-state index contributed by atoms with van der Waals surface area (Å²) in [5.41, 5.74) is 12.6. The summed E-state index contributed by atoms with van der Waals surface area (Å²) in [6.07, 6.45) is 10.3. The second kappa shape index (κ2) is 17.6. The van der Waals surface area contributed by atoms with Gasteiger partial charge in [0.25, 0.3) is 0 Å². The number of aliphatic hydroxyl groups excluding tert-OH is 2. The summed E-state index contributed by atoms with van der Waals surface area (Å²) in [6.45, 7) is 22.4. The van der Waals surface area contributed by atoms with Crippen molar-refractivity contribution in [2.75, 3.05) is 13.1 Å². The minimum Gasteiger partial charge on any atom is -0.494 e. The van der Waals surface area contributed by atoms with Crippen LogP contribution in [-0.4, -0.2) is 59.5 Å². The van der Waals surface area contributed by atoms with Crippen LogP contribution in [0.4, 0.5) is 0 Å². The zero-order valence-corrected chi connectivity index (χ0v) is 28.1. The molecule has 0 saturated heterocycles. The normalized spacial score (nSPS) is 25.1. The van der Waals surface area contributed by atoms with Crippen LogP contribution in [0.5, 0.6) is 0 Å². The number of aliphatic imine (C=N–C) groups is 1. The molecule has 2 aliphatic rings. The van der Waals surface area contributed by atoms with Crippen LogP contribution in [0.15, 0.2) is 53.4 Å². The summed E-state index contributed by atoms with van der Waals surface area (Å²) < 4.78 is 6.63. The van der Waals surface area contributed by atoms with Crippen molar-refractivity contribution >= 4 is 11.9 Å². The topological polar surface area (TPSA) is 155 Å². The number of rotatable bonds is 19. The maximum Gasteiger partial charge on any atom is 0.223 e. The summed E-state index contributed by atoms with van der Waals surface area (Å²) in [5, 5.41) is 27.6. The van der Waals surface area contributed by atoms with Gasteiger partial charge in [-0.05, 0) is 75.2 Å². The number of guanidine groups is 1. The number of carbonyl (C=O) groups is 1. The van der Waals surface area contributed by atoms with Crippen LogP contribution in [0.25, 0.3) is 0 Å². The summed E-state index contributed by atoms with van der Waals surface area (Å²) in [5.74, 6) is 1.96. The Morgan fingerprint density at radius 3 is 2.57 bits per heavy atom. The van der Waals surface area contributed by atoms with Crippen LogP contribution in [0.3, 0.4) is 0 Å². The fraction of sp³-hybridized carbons (Fsp3) is 0.714. The van der Waals surface area contributed by atoms with Crippen molar-refractivity contribution < 1.29 is 19.7 Å². The Morgan fingerprint density at radius 2 is 1.91 bits per heavy atom. The Labute approximate surface area is 266 Å². The molecule has 44 heavy (non-hydrogen) atoms. The van der Waals surface area contributed by atoms with Gasteiger partial charge in [-0.15, -0.1) is 0 Å². The average molecular weight is 616 g/mol. The van der Waals surface area contributed by atoms with Crippen LogP contribution in [0.1, 0.15) is 92.9 Å². The number of unbranched alkanes of at least 4 members (excludes halogenated alkanes) is 1. The maximum absolute atomic E-state index is 12.6. The molecular formula is C35H61N5O4. The number of ether oxygens (including phenoxy) is 1. The van der Waals surface area contributed by atoms with E-state index in [9.17, 15) is 15.0 Å². The highest BCUT2D eigenvalue weighted by molar-refractivity contribution is 5.77. The highest BCUT2D eigenvalue weighted by Gasteiger charge is 2.41. The largest absolute Gasteiger partial charge is 0.494 e. The third kappa shape index (κ3) is 12.0. The number of amides is 1. The van der Waals surface area contributed by atoms with Crippen molar-refractivity contribution in [3.05, 3.63) is 48.4 Å². The van der Waals surface area contributed by atoms with Gasteiger partial charge in [0.1, 0.15) is 6.10 Å². The lowest BCUT2D eigenvalue weighted by molar-refractivity contribution is -0.123. The molecule has 0 aromatic heterocycles. The van der Waals surface area contributed by atoms with Crippen LogP contribution < -0.4 is 22.1 Å². The van der Waals surface area contributed by atoms with Gasteiger partial charge in [-0.1, -0.05) is 66.0 Å². The van der Waals surface area contributed by atoms with E-state index in [0.717, 1.165) is 37.9 Å². The number of allylic oxidation sites excluding steroid dienone is 4. The molecule has 0 aromatic rings.